The summed E-state index contributed by atoms with van der Waals surface area (Å²) in [6.07, 6.45) is 0.0304. The second kappa shape index (κ2) is 3.95. The van der Waals surface area contributed by atoms with Gasteiger partial charge in [-0.2, -0.15) is 10.2 Å². The lowest BCUT2D eigenvalue weighted by atomic mass is 9.96. The normalized spacial score (nSPS) is 37.0. The molecule has 2 aromatic rings. The summed E-state index contributed by atoms with van der Waals surface area (Å²) in [6, 6.07) is 1.01. The number of nitrogens with one attached hydrogen (secondary N) is 1. The lowest BCUT2D eigenvalue weighted by Gasteiger charge is -2.19. The molecule has 0 radical (unpaired) electrons. The number of halogens is 1. The van der Waals surface area contributed by atoms with Crippen molar-refractivity contribution in [1.29, 1.82) is 5.26 Å². The van der Waals surface area contributed by atoms with Crippen molar-refractivity contribution >= 4 is 17.1 Å². The topological polar surface area (TPSA) is 154 Å². The van der Waals surface area contributed by atoms with Crippen LogP contribution in [0.1, 0.15) is 12.5 Å². The van der Waals surface area contributed by atoms with Gasteiger partial charge in [-0.1, -0.05) is 0 Å². The van der Waals surface area contributed by atoms with Gasteiger partial charge in [-0.3, -0.25) is 9.78 Å². The van der Waals surface area contributed by atoms with Gasteiger partial charge in [0.1, 0.15) is 17.1 Å². The first-order valence-electron chi connectivity index (χ1n) is 6.75. The molecular formula is C13H11FN6O3. The molecule has 0 amide bonds. The number of nitrogens with zero attached hydrogens (tertiary/aromatic N) is 4. The van der Waals surface area contributed by atoms with E-state index in [9.17, 15) is 24.7 Å². The Hall–Kier alpha value is -2.77. The zero-order valence-electron chi connectivity index (χ0n) is 11.6. The fourth-order valence-corrected chi connectivity index (χ4v) is 3.65. The van der Waals surface area contributed by atoms with Crippen molar-refractivity contribution < 1.29 is 14.6 Å². The van der Waals surface area contributed by atoms with E-state index in [1.165, 1.54) is 10.9 Å². The fraction of sp³-hybridized carbons (Fsp3) is 0.385. The number of nitrogen functional groups attached to an aromatic ring is 1. The summed E-state index contributed by atoms with van der Waals surface area (Å²) < 4.78 is 14.8. The number of aliphatic hydroxyl groups excluding tert-OH is 1. The number of aromatic amines is 1. The van der Waals surface area contributed by atoms with Gasteiger partial charge in [0.25, 0.3) is 5.56 Å². The highest BCUT2D eigenvalue weighted by Crippen LogP contribution is 2.71. The van der Waals surface area contributed by atoms with E-state index in [2.05, 4.69) is 15.0 Å². The minimum Gasteiger partial charge on any atom is -0.388 e. The molecule has 1 unspecified atom stereocenters. The number of nitrogens with two attached hydrogens (primary N) is 1. The smallest absolute Gasteiger partial charge is 0.280 e. The number of hydrogen-bond acceptors (Lipinski definition) is 7. The average Bonchev–Trinajstić information content (AvgIpc) is 2.86. The van der Waals surface area contributed by atoms with E-state index < -0.39 is 28.7 Å². The van der Waals surface area contributed by atoms with Crippen molar-refractivity contribution in [1.82, 2.24) is 19.5 Å². The predicted molar refractivity (Wildman–Crippen MR) is 74.4 cm³/mol. The molecule has 23 heavy (non-hydrogen) atoms. The maximum Gasteiger partial charge on any atom is 0.280 e. The molecule has 2 aliphatic carbocycles. The van der Waals surface area contributed by atoms with Crippen molar-refractivity contribution in [2.45, 2.75) is 24.2 Å². The Balaban J connectivity index is 1.91. The Bertz CT molecular complexity index is 974. The Morgan fingerprint density at radius 2 is 2.39 bits per heavy atom. The van der Waals surface area contributed by atoms with Gasteiger partial charge in [-0.05, 0) is 0 Å². The van der Waals surface area contributed by atoms with E-state index in [1.54, 1.807) is 0 Å². The molecule has 118 valence electrons. The van der Waals surface area contributed by atoms with Crippen LogP contribution in [0, 0.1) is 16.7 Å². The van der Waals surface area contributed by atoms with Crippen LogP contribution < -0.4 is 11.3 Å². The van der Waals surface area contributed by atoms with E-state index in [4.69, 9.17) is 5.73 Å². The lowest BCUT2D eigenvalue weighted by molar-refractivity contribution is 0.0735. The summed E-state index contributed by atoms with van der Waals surface area (Å²) >= 11 is 0. The zero-order valence-corrected chi connectivity index (χ0v) is 11.6. The van der Waals surface area contributed by atoms with Gasteiger partial charge in [0, 0.05) is 12.0 Å². The van der Waals surface area contributed by atoms with Crippen molar-refractivity contribution in [3.63, 3.8) is 0 Å². The van der Waals surface area contributed by atoms with Crippen molar-refractivity contribution in [2.24, 2.45) is 5.41 Å². The van der Waals surface area contributed by atoms with Crippen LogP contribution in [0.5, 0.6) is 0 Å². The molecule has 2 saturated carbocycles. The number of nitriles is 1. The summed E-state index contributed by atoms with van der Waals surface area (Å²) in [5, 5.41) is 29.6. The third-order valence-electron chi connectivity index (χ3n) is 4.86. The van der Waals surface area contributed by atoms with Crippen LogP contribution in [0.2, 0.25) is 0 Å². The van der Waals surface area contributed by atoms with Crippen LogP contribution in [-0.4, -0.2) is 41.4 Å². The number of fused-ring (bicyclic) bond motifs is 2. The first kappa shape index (κ1) is 13.9. The molecule has 4 rings (SSSR count). The summed E-state index contributed by atoms with van der Waals surface area (Å²) in [4.78, 5) is 22.0. The average molecular weight is 318 g/mol. The molecule has 9 nitrogen and oxygen atoms in total. The molecule has 2 aromatic heterocycles. The van der Waals surface area contributed by atoms with Gasteiger partial charge in [0.2, 0.25) is 5.95 Å². The number of rotatable bonds is 1. The lowest BCUT2D eigenvalue weighted by Crippen LogP contribution is -2.20. The van der Waals surface area contributed by atoms with Gasteiger partial charge in [0.15, 0.2) is 11.2 Å². The Morgan fingerprint density at radius 1 is 1.65 bits per heavy atom. The van der Waals surface area contributed by atoms with Crippen molar-refractivity contribution in [3.05, 3.63) is 28.6 Å². The van der Waals surface area contributed by atoms with E-state index >= 15 is 0 Å². The minimum absolute atomic E-state index is 0.0107. The Kier molecular flexibility index (Phi) is 2.38. The van der Waals surface area contributed by atoms with Crippen molar-refractivity contribution in [3.8, 4) is 6.07 Å². The molecule has 2 heterocycles. The molecule has 0 spiro atoms. The van der Waals surface area contributed by atoms with Crippen molar-refractivity contribution in [2.75, 3.05) is 5.73 Å². The number of aromatic nitrogens is 4. The maximum atomic E-state index is 13.5. The Morgan fingerprint density at radius 3 is 3.04 bits per heavy atom. The highest BCUT2D eigenvalue weighted by molar-refractivity contribution is 5.71. The van der Waals surface area contributed by atoms with Gasteiger partial charge < -0.3 is 20.5 Å². The van der Waals surface area contributed by atoms with Crippen LogP contribution in [0.15, 0.2) is 23.0 Å². The first-order valence-corrected chi connectivity index (χ1v) is 6.75. The van der Waals surface area contributed by atoms with E-state index in [0.29, 0.717) is 0 Å². The third kappa shape index (κ3) is 1.34. The molecule has 2 aliphatic rings. The third-order valence-corrected chi connectivity index (χ3v) is 4.86. The Labute approximate surface area is 127 Å². The van der Waals surface area contributed by atoms with Crippen LogP contribution in [0.3, 0.4) is 0 Å². The minimum atomic E-state index is -1.73. The summed E-state index contributed by atoms with van der Waals surface area (Å²) in [6.45, 7) is 0. The molecule has 4 atom stereocenters. The molecule has 2 fully saturated rings. The van der Waals surface area contributed by atoms with E-state index in [-0.39, 0.29) is 35.4 Å². The molecule has 0 saturated heterocycles. The molecule has 0 bridgehead atoms. The predicted octanol–water partition coefficient (Wildman–Crippen LogP) is -0.884. The number of H-pyrrole nitrogens is 1. The number of anilines is 1. The fourth-order valence-electron chi connectivity index (χ4n) is 3.65. The maximum absolute atomic E-state index is 13.5. The molecular weight excluding hydrogens is 307 g/mol. The highest BCUT2D eigenvalue weighted by atomic mass is 19.1. The summed E-state index contributed by atoms with van der Waals surface area (Å²) in [5.74, 6) is -0.132. The molecule has 0 aliphatic heterocycles. The quantitative estimate of drug-likeness (QED) is 0.532. The van der Waals surface area contributed by atoms with Crippen LogP contribution >= 0.6 is 0 Å². The van der Waals surface area contributed by atoms with E-state index in [0.717, 1.165) is 0 Å². The monoisotopic (exact) mass is 318 g/mol. The second-order valence-corrected chi connectivity index (χ2v) is 5.81. The van der Waals surface area contributed by atoms with Crippen LogP contribution in [0.25, 0.3) is 11.2 Å². The van der Waals surface area contributed by atoms with Crippen LogP contribution in [-0.2, 0) is 0 Å². The summed E-state index contributed by atoms with van der Waals surface area (Å²) in [5.41, 5.74) is 1.61. The number of aliphatic hydroxyl groups is 2. The van der Waals surface area contributed by atoms with Gasteiger partial charge in [-0.15, -0.1) is 0 Å². The molecule has 5 N–H and O–H groups in total. The highest BCUT2D eigenvalue weighted by Gasteiger charge is 2.84. The van der Waals surface area contributed by atoms with E-state index in [1.807, 2.05) is 6.07 Å². The SMILES string of the molecule is N#C[C@]12/C(=C\F)[C@@H](n3cnc4c(=O)[nH]c(N)nc43)C[C@@]1(O)C2O. The second-order valence-electron chi connectivity index (χ2n) is 5.81. The number of imidazole rings is 1. The molecule has 0 aromatic carbocycles. The van der Waals surface area contributed by atoms with Gasteiger partial charge >= 0.3 is 0 Å². The summed E-state index contributed by atoms with van der Waals surface area (Å²) in [7, 11) is 0. The van der Waals surface area contributed by atoms with Gasteiger partial charge in [-0.25, -0.2) is 9.37 Å². The standard InChI is InChI=1S/C13H11FN6O3/c14-2-5-6(1-13(23)10(22)12(5,13)3-15)20-4-17-7-8(20)18-11(16)19-9(7)21/h2,4,6,10,22-23H,1H2,(H3,16,18,19,21)/b5-2-/t6-,10?,12+,13+/m0/s1. The van der Waals surface area contributed by atoms with Gasteiger partial charge in [0.05, 0.1) is 24.8 Å². The first-order chi connectivity index (χ1) is 10.9. The largest absolute Gasteiger partial charge is 0.388 e. The zero-order chi connectivity index (χ0) is 16.6. The van der Waals surface area contributed by atoms with Crippen LogP contribution in [0.4, 0.5) is 10.3 Å². The molecule has 10 heteroatoms. The number of hydrogen-bond donors (Lipinski definition) is 4.